The molecule has 0 spiro atoms. The Kier molecular flexibility index (Phi) is 6.59. The molecule has 0 aromatic rings. The van der Waals surface area contributed by atoms with Crippen molar-refractivity contribution in [1.29, 1.82) is 0 Å². The van der Waals surface area contributed by atoms with Gasteiger partial charge in [0.1, 0.15) is 0 Å². The maximum atomic E-state index is 9.00. The van der Waals surface area contributed by atoms with Crippen LogP contribution < -0.4 is 5.73 Å². The molecule has 3 nitrogen and oxygen atoms in total. The van der Waals surface area contributed by atoms with Gasteiger partial charge >= 0.3 is 0 Å². The highest BCUT2D eigenvalue weighted by Gasteiger charge is 2.16. The van der Waals surface area contributed by atoms with Gasteiger partial charge in [0.25, 0.3) is 5.97 Å². The number of hydrogen-bond acceptors (Lipinski definition) is 2. The Morgan fingerprint density at radius 2 is 2.08 bits per heavy atom. The lowest BCUT2D eigenvalue weighted by Crippen LogP contribution is -2.20. The predicted octanol–water partition coefficient (Wildman–Crippen LogP) is 1.86. The maximum absolute atomic E-state index is 9.00. The number of carboxylic acids is 1. The first-order valence-electron chi connectivity index (χ1n) is 4.95. The van der Waals surface area contributed by atoms with E-state index in [0.717, 1.165) is 25.3 Å². The summed E-state index contributed by atoms with van der Waals surface area (Å²) < 4.78 is 0. The van der Waals surface area contributed by atoms with Gasteiger partial charge in [-0.3, -0.25) is 4.79 Å². The highest BCUT2D eigenvalue weighted by molar-refractivity contribution is 5.62. The fourth-order valence-electron chi connectivity index (χ4n) is 1.77. The molecule has 1 saturated carbocycles. The van der Waals surface area contributed by atoms with E-state index in [1.54, 1.807) is 0 Å². The van der Waals surface area contributed by atoms with E-state index in [1.165, 1.54) is 25.7 Å². The van der Waals surface area contributed by atoms with E-state index in [9.17, 15) is 0 Å². The van der Waals surface area contributed by atoms with Crippen LogP contribution in [0, 0.1) is 11.8 Å². The van der Waals surface area contributed by atoms with E-state index in [4.69, 9.17) is 15.6 Å². The summed E-state index contributed by atoms with van der Waals surface area (Å²) in [4.78, 5) is 9.00. The molecule has 1 aliphatic rings. The van der Waals surface area contributed by atoms with Crippen LogP contribution in [0.5, 0.6) is 0 Å². The van der Waals surface area contributed by atoms with E-state index < -0.39 is 5.97 Å². The van der Waals surface area contributed by atoms with Crippen molar-refractivity contribution in [2.45, 2.75) is 39.5 Å². The van der Waals surface area contributed by atoms with Crippen LogP contribution in [0.2, 0.25) is 0 Å². The Labute approximate surface area is 80.3 Å². The SMILES string of the molecule is CC(=O)O.CC1CCCC(CN)C1. The lowest BCUT2D eigenvalue weighted by atomic mass is 9.83. The maximum Gasteiger partial charge on any atom is 0.300 e. The van der Waals surface area contributed by atoms with Crippen LogP contribution in [-0.2, 0) is 4.79 Å². The summed E-state index contributed by atoms with van der Waals surface area (Å²) in [7, 11) is 0. The van der Waals surface area contributed by atoms with Gasteiger partial charge in [0.05, 0.1) is 0 Å². The second kappa shape index (κ2) is 6.89. The van der Waals surface area contributed by atoms with E-state index in [0.29, 0.717) is 0 Å². The molecule has 1 aliphatic carbocycles. The van der Waals surface area contributed by atoms with Gasteiger partial charge < -0.3 is 10.8 Å². The van der Waals surface area contributed by atoms with Gasteiger partial charge in [0.15, 0.2) is 0 Å². The smallest absolute Gasteiger partial charge is 0.300 e. The van der Waals surface area contributed by atoms with Crippen LogP contribution in [0.1, 0.15) is 39.5 Å². The molecule has 0 saturated heterocycles. The van der Waals surface area contributed by atoms with Gasteiger partial charge in [0.2, 0.25) is 0 Å². The molecule has 78 valence electrons. The van der Waals surface area contributed by atoms with E-state index >= 15 is 0 Å². The standard InChI is InChI=1S/C8H17N.C2H4O2/c1-7-3-2-4-8(5-7)6-9;1-2(3)4/h7-8H,2-6,9H2,1H3;1H3,(H,3,4). The molecule has 0 aliphatic heterocycles. The summed E-state index contributed by atoms with van der Waals surface area (Å²) in [6.07, 6.45) is 5.58. The largest absolute Gasteiger partial charge is 0.481 e. The summed E-state index contributed by atoms with van der Waals surface area (Å²) in [5, 5.41) is 7.42. The molecule has 3 N–H and O–H groups in total. The number of hydrogen-bond donors (Lipinski definition) is 2. The highest BCUT2D eigenvalue weighted by Crippen LogP contribution is 2.27. The number of carbonyl (C=O) groups is 1. The minimum Gasteiger partial charge on any atom is -0.481 e. The third kappa shape index (κ3) is 7.78. The first-order valence-corrected chi connectivity index (χ1v) is 4.95. The second-order valence-corrected chi connectivity index (χ2v) is 3.89. The van der Waals surface area contributed by atoms with Gasteiger partial charge in [-0.25, -0.2) is 0 Å². The van der Waals surface area contributed by atoms with Crippen molar-refractivity contribution in [2.75, 3.05) is 6.54 Å². The van der Waals surface area contributed by atoms with Gasteiger partial charge in [0, 0.05) is 6.92 Å². The van der Waals surface area contributed by atoms with Crippen LogP contribution >= 0.6 is 0 Å². The summed E-state index contributed by atoms with van der Waals surface area (Å²) in [6.45, 7) is 4.33. The van der Waals surface area contributed by atoms with Crippen molar-refractivity contribution in [1.82, 2.24) is 0 Å². The van der Waals surface area contributed by atoms with E-state index in [1.807, 2.05) is 0 Å². The molecule has 1 fully saturated rings. The van der Waals surface area contributed by atoms with Crippen molar-refractivity contribution in [2.24, 2.45) is 17.6 Å². The summed E-state index contributed by atoms with van der Waals surface area (Å²) >= 11 is 0. The van der Waals surface area contributed by atoms with E-state index in [-0.39, 0.29) is 0 Å². The predicted molar refractivity (Wildman–Crippen MR) is 53.5 cm³/mol. The molecule has 13 heavy (non-hydrogen) atoms. The first kappa shape index (κ1) is 12.4. The minimum absolute atomic E-state index is 0.833. The number of rotatable bonds is 1. The Bertz CT molecular complexity index is 144. The van der Waals surface area contributed by atoms with Crippen molar-refractivity contribution in [3.05, 3.63) is 0 Å². The van der Waals surface area contributed by atoms with Crippen LogP contribution in [0.25, 0.3) is 0 Å². The number of carboxylic acid groups (broad SMARTS) is 1. The molecular weight excluding hydrogens is 166 g/mol. The fourth-order valence-corrected chi connectivity index (χ4v) is 1.77. The first-order chi connectivity index (χ1) is 6.06. The molecule has 3 heteroatoms. The minimum atomic E-state index is -0.833. The molecule has 0 radical (unpaired) electrons. The summed E-state index contributed by atoms with van der Waals surface area (Å²) in [5.74, 6) is 0.945. The summed E-state index contributed by atoms with van der Waals surface area (Å²) in [6, 6.07) is 0. The third-order valence-corrected chi connectivity index (χ3v) is 2.38. The van der Waals surface area contributed by atoms with Gasteiger partial charge in [-0.2, -0.15) is 0 Å². The monoisotopic (exact) mass is 187 g/mol. The zero-order valence-electron chi connectivity index (χ0n) is 8.62. The molecule has 0 aromatic heterocycles. The average Bonchev–Trinajstić information content (AvgIpc) is 2.03. The van der Waals surface area contributed by atoms with Crippen LogP contribution in [0.15, 0.2) is 0 Å². The van der Waals surface area contributed by atoms with Gasteiger partial charge in [-0.05, 0) is 31.2 Å². The van der Waals surface area contributed by atoms with Crippen LogP contribution in [0.3, 0.4) is 0 Å². The highest BCUT2D eigenvalue weighted by atomic mass is 16.4. The normalized spacial score (nSPS) is 27.3. The Morgan fingerprint density at radius 1 is 1.54 bits per heavy atom. The molecule has 0 aromatic carbocycles. The Hall–Kier alpha value is -0.570. The second-order valence-electron chi connectivity index (χ2n) is 3.89. The van der Waals surface area contributed by atoms with Crippen LogP contribution in [-0.4, -0.2) is 17.6 Å². The topological polar surface area (TPSA) is 63.3 Å². The zero-order chi connectivity index (χ0) is 10.3. The summed E-state index contributed by atoms with van der Waals surface area (Å²) in [5.41, 5.74) is 5.57. The van der Waals surface area contributed by atoms with Gasteiger partial charge in [-0.15, -0.1) is 0 Å². The van der Waals surface area contributed by atoms with E-state index in [2.05, 4.69) is 6.92 Å². The lowest BCUT2D eigenvalue weighted by Gasteiger charge is -2.25. The zero-order valence-corrected chi connectivity index (χ0v) is 8.62. The quantitative estimate of drug-likeness (QED) is 0.658. The molecule has 0 heterocycles. The lowest BCUT2D eigenvalue weighted by molar-refractivity contribution is -0.134. The average molecular weight is 187 g/mol. The fraction of sp³-hybridized carbons (Fsp3) is 0.900. The molecule has 0 bridgehead atoms. The van der Waals surface area contributed by atoms with Gasteiger partial charge in [-0.1, -0.05) is 19.8 Å². The number of nitrogens with two attached hydrogens (primary N) is 1. The van der Waals surface area contributed by atoms with Crippen molar-refractivity contribution in [3.8, 4) is 0 Å². The third-order valence-electron chi connectivity index (χ3n) is 2.38. The molecular formula is C10H21NO2. The Morgan fingerprint density at radius 3 is 2.38 bits per heavy atom. The molecule has 0 amide bonds. The van der Waals surface area contributed by atoms with Crippen molar-refractivity contribution >= 4 is 5.97 Å². The molecule has 2 atom stereocenters. The van der Waals surface area contributed by atoms with Crippen LogP contribution in [0.4, 0.5) is 0 Å². The molecule has 2 unspecified atom stereocenters. The molecule has 1 rings (SSSR count). The Balaban J connectivity index is 0.000000310. The number of aliphatic carboxylic acids is 1. The van der Waals surface area contributed by atoms with Crippen molar-refractivity contribution in [3.63, 3.8) is 0 Å². The van der Waals surface area contributed by atoms with Crippen molar-refractivity contribution < 1.29 is 9.90 Å².